The van der Waals surface area contributed by atoms with Crippen molar-refractivity contribution >= 4 is 28.6 Å². The fourth-order valence-corrected chi connectivity index (χ4v) is 7.97. The molecule has 0 aliphatic heterocycles. The molecule has 4 rings (SSSR count). The van der Waals surface area contributed by atoms with Gasteiger partial charge in [0.25, 0.3) is 0 Å². The van der Waals surface area contributed by atoms with Crippen molar-refractivity contribution in [2.45, 2.75) is 74.7 Å². The van der Waals surface area contributed by atoms with E-state index in [0.717, 1.165) is 48.3 Å². The number of esters is 1. The summed E-state index contributed by atoms with van der Waals surface area (Å²) in [5.74, 6) is 5.82. The molecule has 124 valence electrons. The minimum absolute atomic E-state index is 0.104. The largest absolute Gasteiger partial charge is 0.449 e. The van der Waals surface area contributed by atoms with Crippen LogP contribution in [0.25, 0.3) is 0 Å². The summed E-state index contributed by atoms with van der Waals surface area (Å²) in [6, 6.07) is 0. The fourth-order valence-electron chi connectivity index (χ4n) is 6.78. The standard InChI is InChI=1S/C19H29IO2/c1-12(21)22-19(20)10-9-16-14(11-19)6-8-17-15-4-2-3-13(15)5-7-18(16)17/h13-18H,2-11H2,1H3/t13-,14-,15+,16-,17-,18+,19-/m0/s1. The van der Waals surface area contributed by atoms with Gasteiger partial charge in [0.15, 0.2) is 3.61 Å². The Balaban J connectivity index is 1.47. The van der Waals surface area contributed by atoms with Crippen LogP contribution in [0.1, 0.15) is 71.1 Å². The van der Waals surface area contributed by atoms with Crippen LogP contribution in [-0.4, -0.2) is 9.58 Å². The van der Waals surface area contributed by atoms with Crippen LogP contribution in [0.2, 0.25) is 0 Å². The van der Waals surface area contributed by atoms with Crippen molar-refractivity contribution in [1.82, 2.24) is 0 Å². The highest BCUT2D eigenvalue weighted by Gasteiger charge is 2.52. The highest BCUT2D eigenvalue weighted by molar-refractivity contribution is 14.1. The summed E-state index contributed by atoms with van der Waals surface area (Å²) in [5.41, 5.74) is 0. The first-order valence-electron chi connectivity index (χ1n) is 9.44. The maximum atomic E-state index is 11.4. The van der Waals surface area contributed by atoms with Crippen LogP contribution in [0.5, 0.6) is 0 Å². The van der Waals surface area contributed by atoms with Crippen LogP contribution in [0.3, 0.4) is 0 Å². The number of carbonyl (C=O) groups excluding carboxylic acids is 1. The van der Waals surface area contributed by atoms with E-state index in [-0.39, 0.29) is 9.58 Å². The molecular formula is C19H29IO2. The molecule has 7 atom stereocenters. The number of hydrogen-bond acceptors (Lipinski definition) is 2. The molecule has 0 unspecified atom stereocenters. The third kappa shape index (κ3) is 2.73. The summed E-state index contributed by atoms with van der Waals surface area (Å²) in [4.78, 5) is 11.4. The zero-order valence-electron chi connectivity index (χ0n) is 13.7. The van der Waals surface area contributed by atoms with Crippen molar-refractivity contribution in [2.24, 2.45) is 35.5 Å². The second kappa shape index (κ2) is 5.93. The van der Waals surface area contributed by atoms with E-state index in [1.165, 1.54) is 51.4 Å². The van der Waals surface area contributed by atoms with Crippen molar-refractivity contribution < 1.29 is 9.53 Å². The van der Waals surface area contributed by atoms with E-state index in [0.29, 0.717) is 0 Å². The summed E-state index contributed by atoms with van der Waals surface area (Å²) in [6.45, 7) is 1.56. The van der Waals surface area contributed by atoms with E-state index in [1.54, 1.807) is 6.92 Å². The molecule has 0 amide bonds. The molecule has 0 aromatic rings. The van der Waals surface area contributed by atoms with Gasteiger partial charge in [0.2, 0.25) is 0 Å². The smallest absolute Gasteiger partial charge is 0.303 e. The normalized spacial score (nSPS) is 50.6. The minimum atomic E-state index is -0.206. The molecule has 4 aliphatic carbocycles. The maximum absolute atomic E-state index is 11.4. The van der Waals surface area contributed by atoms with E-state index in [4.69, 9.17) is 4.74 Å². The van der Waals surface area contributed by atoms with Crippen molar-refractivity contribution in [3.05, 3.63) is 0 Å². The molecule has 0 N–H and O–H groups in total. The minimum Gasteiger partial charge on any atom is -0.449 e. The van der Waals surface area contributed by atoms with E-state index in [2.05, 4.69) is 22.6 Å². The SMILES string of the molecule is CC(=O)O[C@@]1(I)CC[C@H]2[C@@H](CC[C@@H]3[C@@H]2CC[C@@H]2CCC[C@H]23)C1. The first-order chi connectivity index (χ1) is 10.6. The lowest BCUT2D eigenvalue weighted by molar-refractivity contribution is -0.153. The molecule has 4 saturated carbocycles. The molecule has 0 radical (unpaired) electrons. The molecule has 22 heavy (non-hydrogen) atoms. The van der Waals surface area contributed by atoms with Gasteiger partial charge in [0.1, 0.15) is 0 Å². The van der Waals surface area contributed by atoms with Crippen molar-refractivity contribution in [2.75, 3.05) is 0 Å². The van der Waals surface area contributed by atoms with Gasteiger partial charge >= 0.3 is 5.97 Å². The quantitative estimate of drug-likeness (QED) is 0.328. The Bertz CT molecular complexity index is 451. The van der Waals surface area contributed by atoms with Gasteiger partial charge in [0, 0.05) is 6.92 Å². The highest BCUT2D eigenvalue weighted by atomic mass is 127. The van der Waals surface area contributed by atoms with Crippen LogP contribution in [0.15, 0.2) is 0 Å². The van der Waals surface area contributed by atoms with Gasteiger partial charge in [-0.25, -0.2) is 0 Å². The van der Waals surface area contributed by atoms with Crippen LogP contribution < -0.4 is 0 Å². The van der Waals surface area contributed by atoms with Gasteiger partial charge < -0.3 is 4.74 Å². The van der Waals surface area contributed by atoms with Gasteiger partial charge in [-0.1, -0.05) is 12.8 Å². The Morgan fingerprint density at radius 2 is 1.59 bits per heavy atom. The summed E-state index contributed by atoms with van der Waals surface area (Å²) < 4.78 is 5.47. The summed E-state index contributed by atoms with van der Waals surface area (Å²) in [6.07, 6.45) is 13.9. The van der Waals surface area contributed by atoms with E-state index in [9.17, 15) is 4.79 Å². The zero-order valence-corrected chi connectivity index (χ0v) is 15.9. The van der Waals surface area contributed by atoms with Crippen LogP contribution in [0.4, 0.5) is 0 Å². The molecular weight excluding hydrogens is 387 g/mol. The van der Waals surface area contributed by atoms with Gasteiger partial charge in [-0.15, -0.1) is 0 Å². The summed E-state index contributed by atoms with van der Waals surface area (Å²) >= 11 is 2.42. The number of rotatable bonds is 1. The topological polar surface area (TPSA) is 26.3 Å². The summed E-state index contributed by atoms with van der Waals surface area (Å²) in [7, 11) is 0. The first-order valence-corrected chi connectivity index (χ1v) is 10.5. The lowest BCUT2D eigenvalue weighted by atomic mass is 9.53. The monoisotopic (exact) mass is 416 g/mol. The second-order valence-electron chi connectivity index (χ2n) is 8.48. The Morgan fingerprint density at radius 1 is 0.909 bits per heavy atom. The molecule has 4 aliphatic rings. The molecule has 0 aromatic carbocycles. The number of carbonyl (C=O) groups is 1. The van der Waals surface area contributed by atoms with Crippen LogP contribution in [-0.2, 0) is 9.53 Å². The molecule has 0 saturated heterocycles. The Morgan fingerprint density at radius 3 is 2.32 bits per heavy atom. The zero-order chi connectivity index (χ0) is 15.3. The molecule has 2 nitrogen and oxygen atoms in total. The van der Waals surface area contributed by atoms with Crippen molar-refractivity contribution in [3.63, 3.8) is 0 Å². The predicted octanol–water partition coefficient (Wildman–Crippen LogP) is 5.33. The first kappa shape index (κ1) is 15.7. The van der Waals surface area contributed by atoms with E-state index >= 15 is 0 Å². The van der Waals surface area contributed by atoms with Crippen molar-refractivity contribution in [1.29, 1.82) is 0 Å². The van der Waals surface area contributed by atoms with E-state index < -0.39 is 0 Å². The van der Waals surface area contributed by atoms with E-state index in [1.807, 2.05) is 0 Å². The van der Waals surface area contributed by atoms with Gasteiger partial charge in [0.05, 0.1) is 0 Å². The molecule has 0 bridgehead atoms. The third-order valence-corrected chi connectivity index (χ3v) is 8.66. The summed E-state index contributed by atoms with van der Waals surface area (Å²) in [5, 5.41) is 0. The average Bonchev–Trinajstić information content (AvgIpc) is 2.93. The number of halogens is 1. The number of hydrogen-bond donors (Lipinski definition) is 0. The maximum Gasteiger partial charge on any atom is 0.303 e. The Hall–Kier alpha value is 0.200. The lowest BCUT2D eigenvalue weighted by Crippen LogP contribution is -2.47. The fraction of sp³-hybridized carbons (Fsp3) is 0.947. The Labute approximate surface area is 148 Å². The average molecular weight is 416 g/mol. The molecule has 3 heteroatoms. The van der Waals surface area contributed by atoms with Crippen molar-refractivity contribution in [3.8, 4) is 0 Å². The molecule has 0 heterocycles. The van der Waals surface area contributed by atoms with Crippen LogP contribution >= 0.6 is 22.6 Å². The van der Waals surface area contributed by atoms with Gasteiger partial charge in [-0.3, -0.25) is 4.79 Å². The predicted molar refractivity (Wildman–Crippen MR) is 95.6 cm³/mol. The Kier molecular flexibility index (Phi) is 4.23. The van der Waals surface area contributed by atoms with Gasteiger partial charge in [-0.2, -0.15) is 0 Å². The lowest BCUT2D eigenvalue weighted by Gasteiger charge is -2.53. The highest BCUT2D eigenvalue weighted by Crippen LogP contribution is 2.59. The second-order valence-corrected chi connectivity index (χ2v) is 10.4. The van der Waals surface area contributed by atoms with Gasteiger partial charge in [-0.05, 0) is 109 Å². The van der Waals surface area contributed by atoms with Crippen LogP contribution in [0, 0.1) is 35.5 Å². The number of ether oxygens (including phenoxy) is 1. The number of fused-ring (bicyclic) bond motifs is 5. The molecule has 0 aromatic heterocycles. The molecule has 0 spiro atoms. The molecule has 4 fully saturated rings. The number of alkyl halides is 1. The third-order valence-electron chi connectivity index (χ3n) is 7.46.